The first-order valence-corrected chi connectivity index (χ1v) is 5.64. The van der Waals surface area contributed by atoms with E-state index in [4.69, 9.17) is 5.11 Å². The standard InChI is InChI=1S/C9H13N3O2S/c1-6-5-15-9(10-6)11-8(14)4-12-2-7(13)3-12/h5,7,13H,2-4H2,1H3,(H,10,11,14). The summed E-state index contributed by atoms with van der Waals surface area (Å²) in [4.78, 5) is 17.5. The van der Waals surface area contributed by atoms with Crippen molar-refractivity contribution in [1.82, 2.24) is 9.88 Å². The molecule has 6 heteroatoms. The molecule has 1 amide bonds. The summed E-state index contributed by atoms with van der Waals surface area (Å²) in [6.45, 7) is 3.39. The molecule has 0 atom stereocenters. The number of carbonyl (C=O) groups is 1. The van der Waals surface area contributed by atoms with Crippen LogP contribution in [0.5, 0.6) is 0 Å². The van der Waals surface area contributed by atoms with Crippen molar-refractivity contribution in [2.24, 2.45) is 0 Å². The fourth-order valence-corrected chi connectivity index (χ4v) is 2.15. The van der Waals surface area contributed by atoms with E-state index in [1.165, 1.54) is 11.3 Å². The molecule has 2 rings (SSSR count). The number of hydrogen-bond acceptors (Lipinski definition) is 5. The maximum Gasteiger partial charge on any atom is 0.240 e. The molecule has 5 nitrogen and oxygen atoms in total. The molecule has 1 aliphatic heterocycles. The Morgan fingerprint density at radius 3 is 3.07 bits per heavy atom. The number of rotatable bonds is 3. The zero-order valence-electron chi connectivity index (χ0n) is 8.43. The minimum absolute atomic E-state index is 0.0729. The molecule has 0 spiro atoms. The van der Waals surface area contributed by atoms with Gasteiger partial charge >= 0.3 is 0 Å². The molecule has 82 valence electrons. The number of aromatic nitrogens is 1. The van der Waals surface area contributed by atoms with Crippen molar-refractivity contribution in [1.29, 1.82) is 0 Å². The van der Waals surface area contributed by atoms with Crippen LogP contribution >= 0.6 is 11.3 Å². The molecule has 0 unspecified atom stereocenters. The number of aliphatic hydroxyl groups is 1. The fourth-order valence-electron chi connectivity index (χ4n) is 1.44. The van der Waals surface area contributed by atoms with Gasteiger partial charge in [-0.15, -0.1) is 11.3 Å². The Bertz CT molecular complexity index is 360. The maximum absolute atomic E-state index is 11.5. The molecule has 1 aromatic rings. The van der Waals surface area contributed by atoms with Crippen LogP contribution in [0.3, 0.4) is 0 Å². The van der Waals surface area contributed by atoms with Crippen molar-refractivity contribution in [2.45, 2.75) is 13.0 Å². The van der Waals surface area contributed by atoms with Crippen LogP contribution in [0.15, 0.2) is 5.38 Å². The average Bonchev–Trinajstić information content (AvgIpc) is 2.48. The highest BCUT2D eigenvalue weighted by molar-refractivity contribution is 7.13. The van der Waals surface area contributed by atoms with E-state index in [2.05, 4.69) is 10.3 Å². The number of thiazole rings is 1. The van der Waals surface area contributed by atoms with E-state index in [1.54, 1.807) is 0 Å². The van der Waals surface area contributed by atoms with Gasteiger partial charge in [-0.2, -0.15) is 0 Å². The molecule has 0 aromatic carbocycles. The molecule has 2 N–H and O–H groups in total. The van der Waals surface area contributed by atoms with Crippen LogP contribution in [0.4, 0.5) is 5.13 Å². The lowest BCUT2D eigenvalue weighted by molar-refractivity contribution is -0.119. The van der Waals surface area contributed by atoms with Gasteiger partial charge in [-0.05, 0) is 6.92 Å². The zero-order valence-corrected chi connectivity index (χ0v) is 9.25. The Labute approximate surface area is 91.7 Å². The third kappa shape index (κ3) is 2.74. The number of nitrogens with one attached hydrogen (secondary N) is 1. The highest BCUT2D eigenvalue weighted by atomic mass is 32.1. The van der Waals surface area contributed by atoms with Crippen LogP contribution in [0, 0.1) is 6.92 Å². The van der Waals surface area contributed by atoms with Crippen LogP contribution in [-0.4, -0.2) is 46.6 Å². The SMILES string of the molecule is Cc1csc(NC(=O)CN2CC(O)C2)n1. The number of carbonyl (C=O) groups excluding carboxylic acids is 1. The first-order valence-electron chi connectivity index (χ1n) is 4.76. The number of hydrogen-bond donors (Lipinski definition) is 2. The summed E-state index contributed by atoms with van der Waals surface area (Å²) in [5.74, 6) is -0.0729. The number of aliphatic hydroxyl groups excluding tert-OH is 1. The third-order valence-corrected chi connectivity index (χ3v) is 3.05. The van der Waals surface area contributed by atoms with Gasteiger partial charge in [0.1, 0.15) is 0 Å². The van der Waals surface area contributed by atoms with Crippen molar-refractivity contribution in [3.05, 3.63) is 11.1 Å². The van der Waals surface area contributed by atoms with Crippen LogP contribution in [0.25, 0.3) is 0 Å². The van der Waals surface area contributed by atoms with Gasteiger partial charge in [0.05, 0.1) is 18.3 Å². The van der Waals surface area contributed by atoms with Gasteiger partial charge in [0, 0.05) is 18.5 Å². The van der Waals surface area contributed by atoms with Gasteiger partial charge in [0.2, 0.25) is 5.91 Å². The molecule has 0 radical (unpaired) electrons. The summed E-state index contributed by atoms with van der Waals surface area (Å²) < 4.78 is 0. The lowest BCUT2D eigenvalue weighted by Gasteiger charge is -2.34. The van der Waals surface area contributed by atoms with Crippen LogP contribution in [-0.2, 0) is 4.79 Å². The van der Waals surface area contributed by atoms with E-state index in [0.29, 0.717) is 24.8 Å². The summed E-state index contributed by atoms with van der Waals surface area (Å²) in [7, 11) is 0. The molecule has 1 saturated heterocycles. The Morgan fingerprint density at radius 2 is 2.53 bits per heavy atom. The number of likely N-dealkylation sites (tertiary alicyclic amines) is 1. The normalized spacial score (nSPS) is 17.5. The van der Waals surface area contributed by atoms with E-state index in [1.807, 2.05) is 17.2 Å². The van der Waals surface area contributed by atoms with E-state index in [9.17, 15) is 4.79 Å². The Kier molecular flexibility index (Phi) is 2.99. The minimum Gasteiger partial charge on any atom is -0.390 e. The second kappa shape index (κ2) is 4.26. The molecule has 1 aliphatic rings. The van der Waals surface area contributed by atoms with Gasteiger partial charge in [-0.3, -0.25) is 9.69 Å². The number of nitrogens with zero attached hydrogens (tertiary/aromatic N) is 2. The van der Waals surface area contributed by atoms with Crippen LogP contribution in [0.2, 0.25) is 0 Å². The molecule has 1 aromatic heterocycles. The minimum atomic E-state index is -0.264. The van der Waals surface area contributed by atoms with Crippen molar-refractivity contribution in [3.8, 4) is 0 Å². The highest BCUT2D eigenvalue weighted by Gasteiger charge is 2.25. The predicted octanol–water partition coefficient (Wildman–Crippen LogP) is 0.0665. The summed E-state index contributed by atoms with van der Waals surface area (Å²) >= 11 is 1.42. The molecule has 0 aliphatic carbocycles. The first-order chi connectivity index (χ1) is 7.13. The predicted molar refractivity (Wildman–Crippen MR) is 57.9 cm³/mol. The molecular weight excluding hydrogens is 214 g/mol. The van der Waals surface area contributed by atoms with Crippen molar-refractivity contribution < 1.29 is 9.90 Å². The number of anilines is 1. The van der Waals surface area contributed by atoms with Gasteiger partial charge < -0.3 is 10.4 Å². The van der Waals surface area contributed by atoms with Crippen LogP contribution in [0.1, 0.15) is 5.69 Å². The average molecular weight is 227 g/mol. The number of amides is 1. The number of β-amino-alcohol motifs (C(OH)–C–C–N with tert-alkyl or cyclic N) is 1. The first kappa shape index (κ1) is 10.5. The van der Waals surface area contributed by atoms with E-state index in [0.717, 1.165) is 5.69 Å². The lowest BCUT2D eigenvalue weighted by Crippen LogP contribution is -2.53. The molecule has 2 heterocycles. The van der Waals surface area contributed by atoms with Crippen molar-refractivity contribution in [2.75, 3.05) is 25.0 Å². The summed E-state index contributed by atoms with van der Waals surface area (Å²) in [6, 6.07) is 0. The Hall–Kier alpha value is -0.980. The number of aryl methyl sites for hydroxylation is 1. The quantitative estimate of drug-likeness (QED) is 0.766. The highest BCUT2D eigenvalue weighted by Crippen LogP contribution is 2.14. The van der Waals surface area contributed by atoms with Crippen molar-refractivity contribution >= 4 is 22.4 Å². The maximum atomic E-state index is 11.5. The summed E-state index contributed by atoms with van der Waals surface area (Å²) in [5.41, 5.74) is 0.912. The second-order valence-corrected chi connectivity index (χ2v) is 4.55. The second-order valence-electron chi connectivity index (χ2n) is 3.69. The Morgan fingerprint density at radius 1 is 1.80 bits per heavy atom. The van der Waals surface area contributed by atoms with E-state index >= 15 is 0 Å². The van der Waals surface area contributed by atoms with Gasteiger partial charge in [0.25, 0.3) is 0 Å². The molecule has 0 bridgehead atoms. The van der Waals surface area contributed by atoms with Crippen LogP contribution < -0.4 is 5.32 Å². The van der Waals surface area contributed by atoms with Gasteiger partial charge in [0.15, 0.2) is 5.13 Å². The molecule has 1 fully saturated rings. The summed E-state index contributed by atoms with van der Waals surface area (Å²) in [6.07, 6.45) is -0.264. The molecular formula is C9H13N3O2S. The summed E-state index contributed by atoms with van der Waals surface area (Å²) in [5, 5.41) is 14.3. The van der Waals surface area contributed by atoms with Crippen molar-refractivity contribution in [3.63, 3.8) is 0 Å². The molecule has 0 saturated carbocycles. The van der Waals surface area contributed by atoms with Gasteiger partial charge in [-0.1, -0.05) is 0 Å². The lowest BCUT2D eigenvalue weighted by atomic mass is 10.2. The van der Waals surface area contributed by atoms with Gasteiger partial charge in [-0.25, -0.2) is 4.98 Å². The van der Waals surface area contributed by atoms with E-state index in [-0.39, 0.29) is 12.0 Å². The smallest absolute Gasteiger partial charge is 0.240 e. The fraction of sp³-hybridized carbons (Fsp3) is 0.556. The van der Waals surface area contributed by atoms with E-state index < -0.39 is 0 Å². The monoisotopic (exact) mass is 227 g/mol. The topological polar surface area (TPSA) is 65.5 Å². The third-order valence-electron chi connectivity index (χ3n) is 2.17. The zero-order chi connectivity index (χ0) is 10.8. The largest absolute Gasteiger partial charge is 0.390 e. The molecule has 15 heavy (non-hydrogen) atoms. The Balaban J connectivity index is 1.77.